The topological polar surface area (TPSA) is 208 Å². The van der Waals surface area contributed by atoms with Crippen molar-refractivity contribution < 1.29 is 34.3 Å². The van der Waals surface area contributed by atoms with Gasteiger partial charge in [0.25, 0.3) is 0 Å². The summed E-state index contributed by atoms with van der Waals surface area (Å²) < 4.78 is 24.8. The Bertz CT molecular complexity index is 3640. The zero-order valence-electron chi connectivity index (χ0n) is 43.2. The third-order valence-corrected chi connectivity index (χ3v) is 18.9. The Morgan fingerprint density at radius 3 is 1.86 bits per heavy atom. The summed E-state index contributed by atoms with van der Waals surface area (Å²) in [6.07, 6.45) is 6.79. The van der Waals surface area contributed by atoms with E-state index in [1.165, 1.54) is 12.7 Å². The van der Waals surface area contributed by atoms with E-state index in [4.69, 9.17) is 65.7 Å². The lowest BCUT2D eigenvalue weighted by Gasteiger charge is -2.32. The van der Waals surface area contributed by atoms with Crippen molar-refractivity contribution in [2.24, 2.45) is 10.8 Å². The van der Waals surface area contributed by atoms with Crippen molar-refractivity contribution in [3.8, 4) is 0 Å². The van der Waals surface area contributed by atoms with E-state index in [9.17, 15) is 15.0 Å². The number of likely N-dealkylation sites (tertiary alicyclic amines) is 1. The molecular weight excluding hydrogens is 1210 g/mol. The fourth-order valence-corrected chi connectivity index (χ4v) is 14.1. The molecule has 13 rings (SSSR count). The molecule has 0 bridgehead atoms. The summed E-state index contributed by atoms with van der Waals surface area (Å²) in [6, 6.07) is 19.3. The first-order valence-electron chi connectivity index (χ1n) is 25.4. The number of carbonyl (C=O) groups is 1. The molecule has 2 unspecified atom stereocenters. The van der Waals surface area contributed by atoms with Gasteiger partial charge in [0, 0.05) is 60.2 Å². The number of pyridine rings is 2. The lowest BCUT2D eigenvalue weighted by atomic mass is 9.80. The molecule has 9 heterocycles. The van der Waals surface area contributed by atoms with E-state index in [2.05, 4.69) is 83.8 Å². The zero-order valence-corrected chi connectivity index (χ0v) is 49.4. The molecule has 0 radical (unpaired) electrons. The fraction of sp³-hybridized carbons (Fsp3) is 0.436. The zero-order chi connectivity index (χ0) is 55.4. The molecule has 2 aromatic carbocycles. The summed E-state index contributed by atoms with van der Waals surface area (Å²) in [5.74, 6) is -0.789. The Kier molecular flexibility index (Phi) is 14.9. The molecule has 10 atom stereocenters. The largest absolute Gasteiger partial charge is 0.444 e. The van der Waals surface area contributed by atoms with Gasteiger partial charge in [-0.25, -0.2) is 34.7 Å². The first-order valence-corrected chi connectivity index (χ1v) is 28.5. The number of carbonyl (C=O) groups excluding carboxylic acids is 1. The number of nitrogens with one attached hydrogen (secondary N) is 1. The van der Waals surface area contributed by atoms with Crippen LogP contribution in [0.25, 0.3) is 43.9 Å². The van der Waals surface area contributed by atoms with Gasteiger partial charge in [-0.05, 0) is 140 Å². The SMILES string of the molecule is CC(C)(C)OC(=O)N1C[C@]2(CC1c1ccc3cc(Br)c(Cl)nc3c1)C[C@@H](n1ccc3c(Cl)ncnc31)[C@@H]1OC(C)(C)O[C@@H]12.CO.O[C@H]1[C@H](n2ccc3c(Cl)ncnc32)C[C@@]2(CNC(c3ccc4cc(Br)c(Cl)nc4c3)C2)[C@H]1O. The summed E-state index contributed by atoms with van der Waals surface area (Å²) in [5.41, 5.74) is 3.51. The molecule has 3 saturated heterocycles. The van der Waals surface area contributed by atoms with Crippen molar-refractivity contribution >= 4 is 128 Å². The monoisotopic (exact) mass is 1270 g/mol. The van der Waals surface area contributed by atoms with Gasteiger partial charge >= 0.3 is 6.09 Å². The van der Waals surface area contributed by atoms with Crippen molar-refractivity contribution in [2.45, 2.75) is 120 Å². The Morgan fingerprint density at radius 2 is 1.27 bits per heavy atom. The number of nitrogens with zero attached hydrogens (tertiary/aromatic N) is 9. The van der Waals surface area contributed by atoms with Gasteiger partial charge in [-0.2, -0.15) is 0 Å². The first kappa shape index (κ1) is 55.6. The van der Waals surface area contributed by atoms with Crippen LogP contribution in [0.15, 0.2) is 94.7 Å². The Morgan fingerprint density at radius 1 is 0.718 bits per heavy atom. The third-order valence-electron chi connectivity index (χ3n) is 16.0. The molecule has 410 valence electrons. The highest BCUT2D eigenvalue weighted by atomic mass is 79.9. The number of hydrogen-bond acceptors (Lipinski definition) is 14. The maximum Gasteiger partial charge on any atom is 0.410 e. The molecular formula is C55H56Br2Cl4N10O7. The van der Waals surface area contributed by atoms with Crippen LogP contribution in [0.4, 0.5) is 4.79 Å². The van der Waals surface area contributed by atoms with Gasteiger partial charge in [0.15, 0.2) is 5.79 Å². The van der Waals surface area contributed by atoms with E-state index in [-0.39, 0.29) is 42.5 Å². The standard InChI is InChI=1S/C31H32BrCl2N5O4.C23H20BrCl2N5O2.CH4O/c1-29(2,3)43-28(40)39-14-31(12-21(39)17-7-6-16-10-19(32)26(34)37-20(16)11-17)13-22(23-24(31)42-30(4,5)41-23)38-9-8-18-25(33)35-15-36-27(18)38;24-14-5-11-1-2-12(6-15(11)30-21(14)26)16-7-23(9-27-16)8-17(18(32)19(23)33)31-4-3-13-20(25)28-10-29-22(13)31;1-2/h6-11,15,21-24H,12-14H2,1-5H3;1-6,10,16-19,27,32-33H,7-9H2;2H,1H3/t21?,22-,23+,24+,31+;16?,17-,18+,19+,23+;/m11./s1. The lowest BCUT2D eigenvalue weighted by Crippen LogP contribution is -2.41. The van der Waals surface area contributed by atoms with E-state index in [0.717, 1.165) is 65.4 Å². The summed E-state index contributed by atoms with van der Waals surface area (Å²) in [4.78, 5) is 41.9. The van der Waals surface area contributed by atoms with Gasteiger partial charge in [-0.15, -0.1) is 0 Å². The van der Waals surface area contributed by atoms with Crippen LogP contribution in [0.3, 0.4) is 0 Å². The Balaban J connectivity index is 0.000000166. The maximum atomic E-state index is 13.8. The predicted octanol–water partition coefficient (Wildman–Crippen LogP) is 11.9. The van der Waals surface area contributed by atoms with Crippen molar-refractivity contribution in [2.75, 3.05) is 20.2 Å². The molecule has 3 aliphatic heterocycles. The normalized spacial score (nSPS) is 28.2. The van der Waals surface area contributed by atoms with Crippen LogP contribution in [-0.2, 0) is 14.2 Å². The van der Waals surface area contributed by atoms with Crippen LogP contribution >= 0.6 is 78.3 Å². The lowest BCUT2D eigenvalue weighted by molar-refractivity contribution is -0.168. The number of rotatable bonds is 4. The second-order valence-electron chi connectivity index (χ2n) is 22.4. The van der Waals surface area contributed by atoms with Crippen LogP contribution in [0.2, 0.25) is 20.6 Å². The van der Waals surface area contributed by atoms with Gasteiger partial charge in [-0.1, -0.05) is 70.7 Å². The molecule has 5 fully saturated rings. The molecule has 17 nitrogen and oxygen atoms in total. The van der Waals surface area contributed by atoms with Crippen LogP contribution in [0, 0.1) is 10.8 Å². The Hall–Kier alpha value is -4.35. The van der Waals surface area contributed by atoms with E-state index in [0.29, 0.717) is 65.0 Å². The number of ether oxygens (including phenoxy) is 3. The van der Waals surface area contributed by atoms with Crippen molar-refractivity contribution in [3.63, 3.8) is 0 Å². The van der Waals surface area contributed by atoms with E-state index in [1.54, 1.807) is 0 Å². The second-order valence-corrected chi connectivity index (χ2v) is 25.5. The molecule has 8 aromatic rings. The second kappa shape index (κ2) is 20.9. The fourth-order valence-electron chi connectivity index (χ4n) is 12.7. The minimum Gasteiger partial charge on any atom is -0.444 e. The molecule has 4 N–H and O–H groups in total. The maximum absolute atomic E-state index is 13.8. The van der Waals surface area contributed by atoms with Gasteiger partial charge in [0.2, 0.25) is 0 Å². The van der Waals surface area contributed by atoms with Gasteiger partial charge < -0.3 is 48.9 Å². The predicted molar refractivity (Wildman–Crippen MR) is 306 cm³/mol. The highest BCUT2D eigenvalue weighted by molar-refractivity contribution is 9.10. The number of aromatic nitrogens is 8. The van der Waals surface area contributed by atoms with Crippen molar-refractivity contribution in [1.82, 2.24) is 49.3 Å². The van der Waals surface area contributed by atoms with Crippen molar-refractivity contribution in [1.29, 1.82) is 0 Å². The number of aliphatic hydroxyl groups excluding tert-OH is 3. The van der Waals surface area contributed by atoms with Gasteiger partial charge in [-0.3, -0.25) is 0 Å². The molecule has 2 spiro atoms. The highest BCUT2D eigenvalue weighted by Gasteiger charge is 2.66. The van der Waals surface area contributed by atoms with Gasteiger partial charge in [0.05, 0.1) is 61.1 Å². The number of hydrogen-bond donors (Lipinski definition) is 4. The minimum atomic E-state index is -0.913. The number of fused-ring (bicyclic) bond motifs is 6. The van der Waals surface area contributed by atoms with Crippen LogP contribution < -0.4 is 5.32 Å². The number of aliphatic hydroxyl groups is 3. The summed E-state index contributed by atoms with van der Waals surface area (Å²) in [7, 11) is 1.00. The minimum absolute atomic E-state index is 0.0393. The molecule has 5 aliphatic rings. The molecule has 6 aromatic heterocycles. The molecule has 2 aliphatic carbocycles. The van der Waals surface area contributed by atoms with E-state index in [1.807, 2.05) is 105 Å². The molecule has 2 saturated carbocycles. The van der Waals surface area contributed by atoms with Crippen molar-refractivity contribution in [3.05, 3.63) is 126 Å². The summed E-state index contributed by atoms with van der Waals surface area (Å²) in [5, 5.41) is 37.8. The van der Waals surface area contributed by atoms with E-state index < -0.39 is 34.4 Å². The van der Waals surface area contributed by atoms with Crippen LogP contribution in [-0.4, -0.2) is 121 Å². The number of halogens is 6. The highest BCUT2D eigenvalue weighted by Crippen LogP contribution is 2.61. The van der Waals surface area contributed by atoms with Crippen LogP contribution in [0.1, 0.15) is 95.6 Å². The molecule has 1 amide bonds. The van der Waals surface area contributed by atoms with Gasteiger partial charge in [0.1, 0.15) is 62.4 Å². The van der Waals surface area contributed by atoms with E-state index >= 15 is 0 Å². The molecule has 78 heavy (non-hydrogen) atoms. The van der Waals surface area contributed by atoms with Crippen LogP contribution in [0.5, 0.6) is 0 Å². The first-order chi connectivity index (χ1) is 37.1. The average Bonchev–Trinajstić information content (AvgIpc) is 4.48. The summed E-state index contributed by atoms with van der Waals surface area (Å²) in [6.45, 7) is 10.6. The number of benzene rings is 2. The summed E-state index contributed by atoms with van der Waals surface area (Å²) >= 11 is 32.1. The number of amides is 1. The molecule has 23 heteroatoms. The third kappa shape index (κ3) is 9.94. The smallest absolute Gasteiger partial charge is 0.410 e. The quantitative estimate of drug-likeness (QED) is 0.0955. The average molecular weight is 1270 g/mol. The Labute approximate surface area is 486 Å².